The number of nitrogens with zero attached hydrogens (tertiary/aromatic N) is 1. The predicted molar refractivity (Wildman–Crippen MR) is 141 cm³/mol. The zero-order chi connectivity index (χ0) is 25.6. The summed E-state index contributed by atoms with van der Waals surface area (Å²) in [4.78, 5) is 41.2. The van der Waals surface area contributed by atoms with Gasteiger partial charge in [0.1, 0.15) is 12.6 Å². The number of ether oxygens (including phenoxy) is 2. The second-order valence-electron chi connectivity index (χ2n) is 8.02. The van der Waals surface area contributed by atoms with Crippen molar-refractivity contribution in [3.05, 3.63) is 80.7 Å². The van der Waals surface area contributed by atoms with Crippen molar-refractivity contribution >= 4 is 40.8 Å². The van der Waals surface area contributed by atoms with Gasteiger partial charge in [0.25, 0.3) is 0 Å². The number of unbranched alkanes of at least 4 members (excludes halogenated alkanes) is 1. The number of nitrogens with one attached hydrogen (secondary N) is 2. The predicted octanol–water partition coefficient (Wildman–Crippen LogP) is 5.16. The summed E-state index contributed by atoms with van der Waals surface area (Å²) in [6.45, 7) is 1.50. The number of alkyl carbamates (subject to hydrolysis) is 1. The first-order valence-corrected chi connectivity index (χ1v) is 13.4. The summed E-state index contributed by atoms with van der Waals surface area (Å²) in [6, 6.07) is 16.2. The number of hydrogen-bond acceptors (Lipinski definition) is 7. The minimum Gasteiger partial charge on any atom is -0.467 e. The number of carbonyl (C=O) groups excluding carboxylic acids is 3. The SMILES string of the molecule is COC(=O)[C@H](CCCCNC(=O)OCc1ccccc1)NC(=O)N(Cc1cccs1)Cc1cccs1. The summed E-state index contributed by atoms with van der Waals surface area (Å²) in [6.07, 6.45) is 1.13. The molecule has 2 heterocycles. The molecule has 0 radical (unpaired) electrons. The van der Waals surface area contributed by atoms with Crippen molar-refractivity contribution in [1.29, 1.82) is 0 Å². The fraction of sp³-hybridized carbons (Fsp3) is 0.346. The highest BCUT2D eigenvalue weighted by Gasteiger charge is 2.24. The number of amides is 3. The number of rotatable bonds is 13. The van der Waals surface area contributed by atoms with Gasteiger partial charge in [-0.05, 0) is 47.7 Å². The normalized spacial score (nSPS) is 11.4. The van der Waals surface area contributed by atoms with Gasteiger partial charge in [0, 0.05) is 16.3 Å². The van der Waals surface area contributed by atoms with Gasteiger partial charge in [-0.1, -0.05) is 42.5 Å². The lowest BCUT2D eigenvalue weighted by molar-refractivity contribution is -0.143. The van der Waals surface area contributed by atoms with E-state index in [4.69, 9.17) is 9.47 Å². The Hall–Kier alpha value is -3.37. The lowest BCUT2D eigenvalue weighted by atomic mass is 10.1. The van der Waals surface area contributed by atoms with Crippen LogP contribution in [0.15, 0.2) is 65.4 Å². The van der Waals surface area contributed by atoms with Crippen molar-refractivity contribution in [3.63, 3.8) is 0 Å². The Morgan fingerprint density at radius 3 is 2.17 bits per heavy atom. The average molecular weight is 530 g/mol. The summed E-state index contributed by atoms with van der Waals surface area (Å²) in [5.74, 6) is -0.495. The van der Waals surface area contributed by atoms with Gasteiger partial charge in [-0.2, -0.15) is 0 Å². The van der Waals surface area contributed by atoms with E-state index in [1.165, 1.54) is 7.11 Å². The van der Waals surface area contributed by atoms with Crippen LogP contribution >= 0.6 is 22.7 Å². The molecule has 36 heavy (non-hydrogen) atoms. The quantitative estimate of drug-likeness (QED) is 0.236. The van der Waals surface area contributed by atoms with Gasteiger partial charge in [0.15, 0.2) is 0 Å². The van der Waals surface area contributed by atoms with Crippen LogP contribution in [0.4, 0.5) is 9.59 Å². The van der Waals surface area contributed by atoms with Crippen molar-refractivity contribution in [1.82, 2.24) is 15.5 Å². The van der Waals surface area contributed by atoms with Crippen molar-refractivity contribution in [2.24, 2.45) is 0 Å². The average Bonchev–Trinajstić information content (AvgIpc) is 3.61. The van der Waals surface area contributed by atoms with E-state index in [1.54, 1.807) is 27.6 Å². The first-order chi connectivity index (χ1) is 17.5. The molecule has 8 nitrogen and oxygen atoms in total. The van der Waals surface area contributed by atoms with E-state index in [1.807, 2.05) is 65.4 Å². The molecule has 0 fully saturated rings. The molecule has 0 saturated carbocycles. The second kappa shape index (κ2) is 14.9. The molecule has 3 amide bonds. The summed E-state index contributed by atoms with van der Waals surface area (Å²) >= 11 is 3.16. The highest BCUT2D eigenvalue weighted by molar-refractivity contribution is 7.10. The topological polar surface area (TPSA) is 97.0 Å². The molecule has 1 atom stereocenters. The summed E-state index contributed by atoms with van der Waals surface area (Å²) in [5.41, 5.74) is 0.913. The van der Waals surface area contributed by atoms with E-state index in [2.05, 4.69) is 10.6 Å². The van der Waals surface area contributed by atoms with Gasteiger partial charge in [-0.15, -0.1) is 22.7 Å². The molecule has 2 N–H and O–H groups in total. The minimum atomic E-state index is -0.776. The van der Waals surface area contributed by atoms with Gasteiger partial charge < -0.3 is 25.0 Å². The smallest absolute Gasteiger partial charge is 0.407 e. The largest absolute Gasteiger partial charge is 0.467 e. The molecule has 2 aromatic heterocycles. The van der Waals surface area contributed by atoms with Crippen LogP contribution < -0.4 is 10.6 Å². The van der Waals surface area contributed by atoms with E-state index in [-0.39, 0.29) is 12.6 Å². The lowest BCUT2D eigenvalue weighted by Gasteiger charge is -2.25. The number of carbonyl (C=O) groups is 3. The van der Waals surface area contributed by atoms with Crippen LogP contribution in [0.2, 0.25) is 0 Å². The van der Waals surface area contributed by atoms with Crippen LogP contribution in [-0.2, 0) is 34.0 Å². The first kappa shape index (κ1) is 27.2. The molecule has 0 bridgehead atoms. The molecule has 0 aliphatic heterocycles. The molecule has 0 spiro atoms. The third kappa shape index (κ3) is 9.35. The summed E-state index contributed by atoms with van der Waals surface area (Å²) < 4.78 is 10.1. The number of benzene rings is 1. The van der Waals surface area contributed by atoms with E-state index in [9.17, 15) is 14.4 Å². The first-order valence-electron chi connectivity index (χ1n) is 11.7. The molecule has 0 saturated heterocycles. The van der Waals surface area contributed by atoms with Crippen LogP contribution in [-0.4, -0.2) is 42.7 Å². The lowest BCUT2D eigenvalue weighted by Crippen LogP contribution is -2.47. The van der Waals surface area contributed by atoms with Crippen molar-refractivity contribution < 1.29 is 23.9 Å². The molecular weight excluding hydrogens is 498 g/mol. The Labute approximate surface area is 219 Å². The molecule has 192 valence electrons. The number of thiophene rings is 2. The summed E-state index contributed by atoms with van der Waals surface area (Å²) in [7, 11) is 1.31. The fourth-order valence-corrected chi connectivity index (χ4v) is 4.89. The zero-order valence-corrected chi connectivity index (χ0v) is 21.8. The number of esters is 1. The Morgan fingerprint density at radius 2 is 1.58 bits per heavy atom. The summed E-state index contributed by atoms with van der Waals surface area (Å²) in [5, 5.41) is 9.49. The molecule has 3 aromatic rings. The molecule has 0 unspecified atom stereocenters. The van der Waals surface area contributed by atoms with Crippen molar-refractivity contribution in [3.8, 4) is 0 Å². The Balaban J connectivity index is 1.45. The molecule has 1 aromatic carbocycles. The maximum Gasteiger partial charge on any atom is 0.407 e. The van der Waals surface area contributed by atoms with E-state index < -0.39 is 18.1 Å². The monoisotopic (exact) mass is 529 g/mol. The van der Waals surface area contributed by atoms with Crippen molar-refractivity contribution in [2.75, 3.05) is 13.7 Å². The Kier molecular flexibility index (Phi) is 11.3. The number of methoxy groups -OCH3 is 1. The molecular formula is C26H31N3O5S2. The van der Waals surface area contributed by atoms with Crippen LogP contribution in [0, 0.1) is 0 Å². The molecule has 0 aliphatic rings. The standard InChI is InChI=1S/C26H31N3O5S2/c1-33-24(30)23(13-5-6-14-27-26(32)34-19-20-9-3-2-4-10-20)28-25(31)29(17-21-11-7-15-35-21)18-22-12-8-16-36-22/h2-4,7-12,15-16,23H,5-6,13-14,17-19H2,1H3,(H,27,32)(H,28,31)/t23-/m0/s1. The molecule has 0 aliphatic carbocycles. The van der Waals surface area contributed by atoms with E-state index >= 15 is 0 Å². The second-order valence-corrected chi connectivity index (χ2v) is 10.1. The van der Waals surface area contributed by atoms with Gasteiger partial charge in [0.2, 0.25) is 0 Å². The fourth-order valence-electron chi connectivity index (χ4n) is 3.45. The van der Waals surface area contributed by atoms with Crippen LogP contribution in [0.3, 0.4) is 0 Å². The van der Waals surface area contributed by atoms with Gasteiger partial charge in [-0.25, -0.2) is 14.4 Å². The van der Waals surface area contributed by atoms with E-state index in [0.717, 1.165) is 15.3 Å². The van der Waals surface area contributed by atoms with Gasteiger partial charge in [-0.3, -0.25) is 0 Å². The van der Waals surface area contributed by atoms with Crippen molar-refractivity contribution in [2.45, 2.75) is 45.0 Å². The van der Waals surface area contributed by atoms with Crippen LogP contribution in [0.5, 0.6) is 0 Å². The third-order valence-electron chi connectivity index (χ3n) is 5.33. The zero-order valence-electron chi connectivity index (χ0n) is 20.2. The molecule has 10 heteroatoms. The third-order valence-corrected chi connectivity index (χ3v) is 7.05. The maximum absolute atomic E-state index is 13.1. The minimum absolute atomic E-state index is 0.205. The highest BCUT2D eigenvalue weighted by atomic mass is 32.1. The Morgan fingerprint density at radius 1 is 0.917 bits per heavy atom. The van der Waals surface area contributed by atoms with Gasteiger partial charge in [0.05, 0.1) is 20.2 Å². The van der Waals surface area contributed by atoms with Crippen LogP contribution in [0.1, 0.15) is 34.6 Å². The molecule has 3 rings (SSSR count). The number of urea groups is 1. The van der Waals surface area contributed by atoms with E-state index in [0.29, 0.717) is 38.9 Å². The van der Waals surface area contributed by atoms with Gasteiger partial charge >= 0.3 is 18.1 Å². The Bertz CT molecular complexity index is 1020. The maximum atomic E-state index is 13.1. The number of hydrogen-bond donors (Lipinski definition) is 2. The highest BCUT2D eigenvalue weighted by Crippen LogP contribution is 2.18. The van der Waals surface area contributed by atoms with Crippen LogP contribution in [0.25, 0.3) is 0 Å².